The summed E-state index contributed by atoms with van der Waals surface area (Å²) in [5.41, 5.74) is 2.99. The average Bonchev–Trinajstić information content (AvgIpc) is 3.40. The molecule has 5 aromatic rings. The third kappa shape index (κ3) is 4.04. The number of ether oxygens (including phenoxy) is 2. The fourth-order valence-corrected chi connectivity index (χ4v) is 6.08. The van der Waals surface area contributed by atoms with Crippen LogP contribution in [-0.4, -0.2) is 20.1 Å². The van der Waals surface area contributed by atoms with E-state index in [2.05, 4.69) is 78.1 Å². The van der Waals surface area contributed by atoms with Crippen molar-refractivity contribution in [2.45, 2.75) is 11.1 Å². The Morgan fingerprint density at radius 3 is 1.73 bits per heavy atom. The lowest BCUT2D eigenvalue weighted by molar-refractivity contribution is 0.319. The van der Waals surface area contributed by atoms with Gasteiger partial charge in [-0.1, -0.05) is 109 Å². The SMILES string of the molecule is COc1cccc(C2(c3ccccc3)N=C(c3ccccc3Cl)NC2(c2ccccc2)c2cccc(OC)c2)c1. The van der Waals surface area contributed by atoms with E-state index in [9.17, 15) is 0 Å². The molecular weight excluding hydrogens is 516 g/mol. The molecule has 0 aromatic heterocycles. The molecule has 5 aromatic carbocycles. The molecule has 2 unspecified atom stereocenters. The van der Waals surface area contributed by atoms with E-state index in [1.165, 1.54) is 0 Å². The van der Waals surface area contributed by atoms with Crippen molar-refractivity contribution in [3.63, 3.8) is 0 Å². The van der Waals surface area contributed by atoms with Gasteiger partial charge in [-0.25, -0.2) is 4.99 Å². The Balaban J connectivity index is 1.81. The largest absolute Gasteiger partial charge is 0.497 e. The third-order valence-corrected chi connectivity index (χ3v) is 7.98. The number of nitrogens with one attached hydrogen (secondary N) is 1. The zero-order valence-electron chi connectivity index (χ0n) is 22.3. The van der Waals surface area contributed by atoms with Crippen LogP contribution in [0.4, 0.5) is 0 Å². The van der Waals surface area contributed by atoms with Crippen LogP contribution < -0.4 is 14.8 Å². The number of halogens is 1. The van der Waals surface area contributed by atoms with Crippen molar-refractivity contribution in [1.82, 2.24) is 5.32 Å². The molecule has 0 spiro atoms. The molecule has 1 N–H and O–H groups in total. The number of methoxy groups -OCH3 is 2. The second-order valence-corrected chi connectivity index (χ2v) is 10.1. The van der Waals surface area contributed by atoms with Crippen LogP contribution in [0.15, 0.2) is 138 Å². The summed E-state index contributed by atoms with van der Waals surface area (Å²) in [4.78, 5) is 5.65. The fraction of sp³-hybridized carbons (Fsp3) is 0.114. The number of hydrogen-bond donors (Lipinski definition) is 1. The third-order valence-electron chi connectivity index (χ3n) is 7.65. The molecule has 4 nitrogen and oxygen atoms in total. The molecule has 1 heterocycles. The van der Waals surface area contributed by atoms with E-state index in [1.54, 1.807) is 14.2 Å². The molecule has 0 bridgehead atoms. The monoisotopic (exact) mass is 544 g/mol. The summed E-state index contributed by atoms with van der Waals surface area (Å²) >= 11 is 6.81. The summed E-state index contributed by atoms with van der Waals surface area (Å²) < 4.78 is 11.5. The number of amidine groups is 1. The molecule has 0 aliphatic carbocycles. The lowest BCUT2D eigenvalue weighted by Gasteiger charge is -2.46. The minimum Gasteiger partial charge on any atom is -0.497 e. The van der Waals surface area contributed by atoms with Crippen LogP contribution in [0.2, 0.25) is 5.02 Å². The Morgan fingerprint density at radius 1 is 0.575 bits per heavy atom. The molecule has 1 aliphatic heterocycles. The van der Waals surface area contributed by atoms with Crippen molar-refractivity contribution in [3.05, 3.63) is 166 Å². The molecule has 198 valence electrons. The van der Waals surface area contributed by atoms with Gasteiger partial charge in [-0.15, -0.1) is 0 Å². The lowest BCUT2D eigenvalue weighted by atomic mass is 9.62. The van der Waals surface area contributed by atoms with E-state index in [4.69, 9.17) is 26.1 Å². The highest BCUT2D eigenvalue weighted by atomic mass is 35.5. The highest BCUT2D eigenvalue weighted by Crippen LogP contribution is 2.56. The van der Waals surface area contributed by atoms with Gasteiger partial charge in [0.2, 0.25) is 0 Å². The first-order chi connectivity index (χ1) is 19.6. The maximum absolute atomic E-state index is 6.81. The normalized spacial score (nSPS) is 19.9. The van der Waals surface area contributed by atoms with Crippen LogP contribution in [0.1, 0.15) is 27.8 Å². The summed E-state index contributed by atoms with van der Waals surface area (Å²) in [7, 11) is 3.38. The Morgan fingerprint density at radius 2 is 1.10 bits per heavy atom. The minimum absolute atomic E-state index is 0.621. The van der Waals surface area contributed by atoms with Gasteiger partial charge in [0, 0.05) is 5.56 Å². The summed E-state index contributed by atoms with van der Waals surface area (Å²) in [6, 6.07) is 45.0. The Hall–Kier alpha value is -4.54. The molecular formula is C35H29ClN2O2. The van der Waals surface area contributed by atoms with Gasteiger partial charge in [-0.3, -0.25) is 0 Å². The average molecular weight is 545 g/mol. The fourth-order valence-electron chi connectivity index (χ4n) is 5.86. The van der Waals surface area contributed by atoms with Crippen LogP contribution in [0.25, 0.3) is 0 Å². The lowest BCUT2D eigenvalue weighted by Crippen LogP contribution is -2.55. The van der Waals surface area contributed by atoms with E-state index in [-0.39, 0.29) is 0 Å². The van der Waals surface area contributed by atoms with Crippen LogP contribution in [0.3, 0.4) is 0 Å². The van der Waals surface area contributed by atoms with Gasteiger partial charge in [-0.05, 0) is 58.7 Å². The second kappa shape index (κ2) is 10.6. The van der Waals surface area contributed by atoms with Gasteiger partial charge < -0.3 is 14.8 Å². The first kappa shape index (κ1) is 25.7. The van der Waals surface area contributed by atoms with Gasteiger partial charge in [0.05, 0.1) is 19.2 Å². The maximum atomic E-state index is 6.81. The molecule has 0 radical (unpaired) electrons. The number of benzene rings is 5. The van der Waals surface area contributed by atoms with Gasteiger partial charge in [0.15, 0.2) is 0 Å². The predicted molar refractivity (Wildman–Crippen MR) is 162 cm³/mol. The summed E-state index contributed by atoms with van der Waals surface area (Å²) in [6.07, 6.45) is 0. The van der Waals surface area contributed by atoms with Crippen molar-refractivity contribution in [3.8, 4) is 11.5 Å². The van der Waals surface area contributed by atoms with Crippen LogP contribution in [0.5, 0.6) is 11.5 Å². The number of hydrogen-bond acceptors (Lipinski definition) is 4. The summed E-state index contributed by atoms with van der Waals surface area (Å²) in [5, 5.41) is 4.56. The van der Waals surface area contributed by atoms with E-state index < -0.39 is 11.1 Å². The minimum atomic E-state index is -0.967. The highest BCUT2D eigenvalue weighted by Gasteiger charge is 2.60. The molecule has 0 amide bonds. The Kier molecular flexibility index (Phi) is 6.79. The number of aliphatic imine (C=N–C) groups is 1. The maximum Gasteiger partial charge on any atom is 0.144 e. The van der Waals surface area contributed by atoms with Crippen molar-refractivity contribution in [2.75, 3.05) is 14.2 Å². The smallest absolute Gasteiger partial charge is 0.144 e. The molecule has 0 saturated heterocycles. The summed E-state index contributed by atoms with van der Waals surface area (Å²) in [5.74, 6) is 2.21. The van der Waals surface area contributed by atoms with Crippen molar-refractivity contribution in [1.29, 1.82) is 0 Å². The van der Waals surface area contributed by atoms with Gasteiger partial charge in [0.1, 0.15) is 28.4 Å². The van der Waals surface area contributed by atoms with Crippen molar-refractivity contribution in [2.24, 2.45) is 4.99 Å². The van der Waals surface area contributed by atoms with Gasteiger partial charge in [-0.2, -0.15) is 0 Å². The van der Waals surface area contributed by atoms with E-state index in [1.807, 2.05) is 60.7 Å². The van der Waals surface area contributed by atoms with Gasteiger partial charge in [0.25, 0.3) is 0 Å². The van der Waals surface area contributed by atoms with Crippen LogP contribution in [0, 0.1) is 0 Å². The van der Waals surface area contributed by atoms with Crippen LogP contribution >= 0.6 is 11.6 Å². The van der Waals surface area contributed by atoms with Crippen molar-refractivity contribution < 1.29 is 9.47 Å². The molecule has 6 rings (SSSR count). The van der Waals surface area contributed by atoms with Crippen molar-refractivity contribution >= 4 is 17.4 Å². The molecule has 0 fully saturated rings. The van der Waals surface area contributed by atoms with E-state index >= 15 is 0 Å². The van der Waals surface area contributed by atoms with Gasteiger partial charge >= 0.3 is 0 Å². The standard InChI is InChI=1S/C35H29ClN2O2/c1-39-29-19-11-17-27(23-29)34(25-13-5-3-6-14-25)35(26-15-7-4-8-16-26,28-18-12-20-30(24-28)40-2)38-33(37-34)31-21-9-10-22-32(31)36/h3-24H,1-2H3,(H,37,38). The quantitative estimate of drug-likeness (QED) is 0.229. The van der Waals surface area contributed by atoms with E-state index in [0.717, 1.165) is 39.3 Å². The number of nitrogens with zero attached hydrogens (tertiary/aromatic N) is 1. The number of rotatable bonds is 7. The zero-order valence-corrected chi connectivity index (χ0v) is 23.1. The molecule has 40 heavy (non-hydrogen) atoms. The Bertz CT molecular complexity index is 1670. The topological polar surface area (TPSA) is 42.8 Å². The first-order valence-corrected chi connectivity index (χ1v) is 13.5. The predicted octanol–water partition coefficient (Wildman–Crippen LogP) is 7.59. The molecule has 0 saturated carbocycles. The van der Waals surface area contributed by atoms with Crippen LogP contribution in [-0.2, 0) is 11.1 Å². The second-order valence-electron chi connectivity index (χ2n) is 9.72. The molecule has 2 atom stereocenters. The highest BCUT2D eigenvalue weighted by molar-refractivity contribution is 6.34. The first-order valence-electron chi connectivity index (χ1n) is 13.2. The molecule has 1 aliphatic rings. The summed E-state index contributed by atoms with van der Waals surface area (Å²) in [6.45, 7) is 0. The Labute approximate surface area is 239 Å². The molecule has 5 heteroatoms. The van der Waals surface area contributed by atoms with E-state index in [0.29, 0.717) is 10.9 Å². The zero-order chi connectivity index (χ0) is 27.6.